The lowest BCUT2D eigenvalue weighted by atomic mass is 9.89. The summed E-state index contributed by atoms with van der Waals surface area (Å²) >= 11 is 5.98. The largest absolute Gasteiger partial charge is 0.463 e. The Hall–Kier alpha value is -2.63. The average molecular weight is 400 g/mol. The number of hydrogen-bond acceptors (Lipinski definition) is 4. The molecule has 6 heteroatoms. The van der Waals surface area contributed by atoms with E-state index in [1.165, 1.54) is 7.11 Å². The van der Waals surface area contributed by atoms with E-state index < -0.39 is 12.1 Å². The highest BCUT2D eigenvalue weighted by Crippen LogP contribution is 2.37. The number of halogens is 1. The number of rotatable bonds is 7. The second-order valence-electron chi connectivity index (χ2n) is 6.42. The Morgan fingerprint density at radius 3 is 2.43 bits per heavy atom. The molecule has 0 radical (unpaired) electrons. The lowest BCUT2D eigenvalue weighted by Crippen LogP contribution is -2.60. The monoisotopic (exact) mass is 399 g/mol. The van der Waals surface area contributed by atoms with Gasteiger partial charge in [0.1, 0.15) is 0 Å². The number of likely N-dealkylation sites (tertiary alicyclic amines) is 1. The minimum atomic E-state index is -0.582. The standard InChI is InChI=1S/C22H22ClNO4/c1-3-28-22(26)17(13-15-7-5-4-6-8-15)14-24-19(20(27-2)21(24)25)16-9-11-18(23)12-10-16/h4-13,19-20H,3,14H2,1-2H3/b17-13+/t19-,20+/m1/s1. The molecule has 0 spiro atoms. The Kier molecular flexibility index (Phi) is 6.49. The summed E-state index contributed by atoms with van der Waals surface area (Å²) in [6.07, 6.45) is 1.17. The molecule has 5 nitrogen and oxygen atoms in total. The molecular formula is C22H22ClNO4. The second kappa shape index (κ2) is 9.04. The highest BCUT2D eigenvalue weighted by molar-refractivity contribution is 6.30. The lowest BCUT2D eigenvalue weighted by molar-refractivity contribution is -0.170. The number of benzene rings is 2. The van der Waals surface area contributed by atoms with Crippen LogP contribution in [0.25, 0.3) is 6.08 Å². The molecule has 0 bridgehead atoms. The van der Waals surface area contributed by atoms with Crippen molar-refractivity contribution >= 4 is 29.6 Å². The third kappa shape index (κ3) is 4.26. The summed E-state index contributed by atoms with van der Waals surface area (Å²) < 4.78 is 10.6. The Labute approximate surface area is 169 Å². The quantitative estimate of drug-likeness (QED) is 0.402. The molecule has 1 heterocycles. The van der Waals surface area contributed by atoms with Crippen LogP contribution in [0.3, 0.4) is 0 Å². The van der Waals surface area contributed by atoms with Crippen LogP contribution in [-0.4, -0.2) is 43.1 Å². The SMILES string of the molecule is CCOC(=O)/C(=C/c1ccccc1)CN1C(=O)[C@@H](OC)[C@H]1c1ccc(Cl)cc1. The van der Waals surface area contributed by atoms with Gasteiger partial charge in [-0.2, -0.15) is 0 Å². The summed E-state index contributed by atoms with van der Waals surface area (Å²) in [6, 6.07) is 16.5. The lowest BCUT2D eigenvalue weighted by Gasteiger charge is -2.46. The van der Waals surface area contributed by atoms with Crippen molar-refractivity contribution in [2.75, 3.05) is 20.3 Å². The van der Waals surface area contributed by atoms with Gasteiger partial charge in [0.15, 0.2) is 6.10 Å². The average Bonchev–Trinajstić information content (AvgIpc) is 2.71. The molecule has 2 aromatic carbocycles. The second-order valence-corrected chi connectivity index (χ2v) is 6.86. The minimum absolute atomic E-state index is 0.139. The molecule has 0 unspecified atom stereocenters. The number of carbonyl (C=O) groups excluding carboxylic acids is 2. The van der Waals surface area contributed by atoms with Crippen LogP contribution in [0.5, 0.6) is 0 Å². The van der Waals surface area contributed by atoms with Gasteiger partial charge in [0, 0.05) is 12.1 Å². The van der Waals surface area contributed by atoms with E-state index in [1.54, 1.807) is 30.0 Å². The van der Waals surface area contributed by atoms with Crippen molar-refractivity contribution < 1.29 is 19.1 Å². The number of ether oxygens (including phenoxy) is 2. The predicted molar refractivity (Wildman–Crippen MR) is 108 cm³/mol. The maximum absolute atomic E-state index is 12.6. The van der Waals surface area contributed by atoms with Gasteiger partial charge < -0.3 is 14.4 Å². The maximum atomic E-state index is 12.6. The van der Waals surface area contributed by atoms with Crippen molar-refractivity contribution in [1.82, 2.24) is 4.90 Å². The fraction of sp³-hybridized carbons (Fsp3) is 0.273. The number of amides is 1. The fourth-order valence-electron chi connectivity index (χ4n) is 3.26. The molecular weight excluding hydrogens is 378 g/mol. The smallest absolute Gasteiger partial charge is 0.335 e. The first-order valence-corrected chi connectivity index (χ1v) is 9.44. The van der Waals surface area contributed by atoms with Crippen molar-refractivity contribution in [3.63, 3.8) is 0 Å². The van der Waals surface area contributed by atoms with Crippen LogP contribution in [0.1, 0.15) is 24.1 Å². The summed E-state index contributed by atoms with van der Waals surface area (Å²) in [5.41, 5.74) is 2.18. The van der Waals surface area contributed by atoms with Gasteiger partial charge in [-0.3, -0.25) is 4.79 Å². The van der Waals surface area contributed by atoms with Crippen molar-refractivity contribution in [2.24, 2.45) is 0 Å². The van der Waals surface area contributed by atoms with Crippen molar-refractivity contribution in [1.29, 1.82) is 0 Å². The molecule has 1 fully saturated rings. The molecule has 146 valence electrons. The Balaban J connectivity index is 1.89. The topological polar surface area (TPSA) is 55.8 Å². The summed E-state index contributed by atoms with van der Waals surface area (Å²) in [4.78, 5) is 26.7. The molecule has 1 saturated heterocycles. The van der Waals surface area contributed by atoms with E-state index in [4.69, 9.17) is 21.1 Å². The summed E-state index contributed by atoms with van der Waals surface area (Å²) in [5.74, 6) is -0.597. The molecule has 0 N–H and O–H groups in total. The third-order valence-corrected chi connectivity index (χ3v) is 4.89. The molecule has 0 saturated carbocycles. The Morgan fingerprint density at radius 1 is 1.14 bits per heavy atom. The molecule has 28 heavy (non-hydrogen) atoms. The molecule has 3 rings (SSSR count). The summed E-state index contributed by atoms with van der Waals surface area (Å²) in [7, 11) is 1.51. The number of hydrogen-bond donors (Lipinski definition) is 0. The van der Waals surface area contributed by atoms with Crippen LogP contribution in [0.2, 0.25) is 5.02 Å². The van der Waals surface area contributed by atoms with E-state index in [0.717, 1.165) is 11.1 Å². The zero-order valence-corrected chi connectivity index (χ0v) is 16.6. The first kappa shape index (κ1) is 20.1. The first-order valence-electron chi connectivity index (χ1n) is 9.06. The van der Waals surface area contributed by atoms with Crippen LogP contribution in [0.4, 0.5) is 0 Å². The minimum Gasteiger partial charge on any atom is -0.463 e. The third-order valence-electron chi connectivity index (χ3n) is 4.63. The van der Waals surface area contributed by atoms with E-state index in [1.807, 2.05) is 42.5 Å². The van der Waals surface area contributed by atoms with Gasteiger partial charge >= 0.3 is 5.97 Å². The number of methoxy groups -OCH3 is 1. The molecule has 2 atom stereocenters. The molecule has 0 aromatic heterocycles. The van der Waals surface area contributed by atoms with Gasteiger partial charge in [0.05, 0.1) is 24.8 Å². The van der Waals surface area contributed by atoms with Crippen LogP contribution >= 0.6 is 11.6 Å². The zero-order chi connectivity index (χ0) is 20.1. The molecule has 1 aliphatic heterocycles. The predicted octanol–water partition coefficient (Wildman–Crippen LogP) is 3.89. The highest BCUT2D eigenvalue weighted by atomic mass is 35.5. The van der Waals surface area contributed by atoms with Gasteiger partial charge in [0.25, 0.3) is 5.91 Å². The van der Waals surface area contributed by atoms with Crippen LogP contribution in [-0.2, 0) is 19.1 Å². The summed E-state index contributed by atoms with van der Waals surface area (Å²) in [6.45, 7) is 2.16. The Morgan fingerprint density at radius 2 is 1.82 bits per heavy atom. The van der Waals surface area contributed by atoms with Crippen LogP contribution < -0.4 is 0 Å². The zero-order valence-electron chi connectivity index (χ0n) is 15.8. The highest BCUT2D eigenvalue weighted by Gasteiger charge is 2.49. The fourth-order valence-corrected chi connectivity index (χ4v) is 3.39. The number of esters is 1. The van der Waals surface area contributed by atoms with E-state index in [9.17, 15) is 9.59 Å². The molecule has 1 amide bonds. The summed E-state index contributed by atoms with van der Waals surface area (Å²) in [5, 5.41) is 0.617. The molecule has 1 aliphatic rings. The van der Waals surface area contributed by atoms with Gasteiger partial charge in [-0.25, -0.2) is 4.79 Å². The number of nitrogens with zero attached hydrogens (tertiary/aromatic N) is 1. The number of β-lactam (4-membered cyclic amide) rings is 1. The van der Waals surface area contributed by atoms with Gasteiger partial charge in [-0.05, 0) is 36.3 Å². The number of carbonyl (C=O) groups is 2. The van der Waals surface area contributed by atoms with E-state index in [-0.39, 0.29) is 25.1 Å². The van der Waals surface area contributed by atoms with Crippen molar-refractivity contribution in [3.8, 4) is 0 Å². The molecule has 2 aromatic rings. The van der Waals surface area contributed by atoms with Gasteiger partial charge in [-0.1, -0.05) is 54.1 Å². The first-order chi connectivity index (χ1) is 13.5. The Bertz CT molecular complexity index is 864. The normalized spacial score (nSPS) is 19.3. The van der Waals surface area contributed by atoms with Gasteiger partial charge in [-0.15, -0.1) is 0 Å². The van der Waals surface area contributed by atoms with Crippen LogP contribution in [0, 0.1) is 0 Å². The van der Waals surface area contributed by atoms with Gasteiger partial charge in [0.2, 0.25) is 0 Å². The van der Waals surface area contributed by atoms with Crippen LogP contribution in [0.15, 0.2) is 60.2 Å². The maximum Gasteiger partial charge on any atom is 0.335 e. The van der Waals surface area contributed by atoms with Crippen molar-refractivity contribution in [3.05, 3.63) is 76.3 Å². The van der Waals surface area contributed by atoms with E-state index in [0.29, 0.717) is 10.6 Å². The van der Waals surface area contributed by atoms with E-state index in [2.05, 4.69) is 0 Å². The molecule has 0 aliphatic carbocycles. The van der Waals surface area contributed by atoms with Crippen molar-refractivity contribution in [2.45, 2.75) is 19.1 Å². The van der Waals surface area contributed by atoms with E-state index >= 15 is 0 Å².